The van der Waals surface area contributed by atoms with Crippen molar-refractivity contribution in [3.05, 3.63) is 70.8 Å². The number of carbonyl (C=O) groups excluding carboxylic acids is 1. The Hall–Kier alpha value is -3.61. The van der Waals surface area contributed by atoms with Crippen LogP contribution in [0.4, 0.5) is 0 Å². The van der Waals surface area contributed by atoms with Crippen LogP contribution in [0, 0.1) is 22.7 Å². The predicted molar refractivity (Wildman–Crippen MR) is 105 cm³/mol. The Labute approximate surface area is 164 Å². The number of nitrogens with zero attached hydrogens (tertiary/aromatic N) is 2. The molecule has 0 spiro atoms. The molecule has 6 nitrogen and oxygen atoms in total. The van der Waals surface area contributed by atoms with Gasteiger partial charge in [-0.05, 0) is 47.9 Å². The topological polar surface area (TPSA) is 95.1 Å². The number of hydrogen-bond acceptors (Lipinski definition) is 5. The van der Waals surface area contributed by atoms with E-state index in [4.69, 9.17) is 14.7 Å². The molecule has 0 atom stereocenters. The van der Waals surface area contributed by atoms with E-state index in [1.165, 1.54) is 6.08 Å². The summed E-state index contributed by atoms with van der Waals surface area (Å²) < 4.78 is 10.7. The van der Waals surface area contributed by atoms with Crippen molar-refractivity contribution in [2.24, 2.45) is 0 Å². The first-order chi connectivity index (χ1) is 13.7. The molecule has 1 N–H and O–H groups in total. The van der Waals surface area contributed by atoms with Crippen molar-refractivity contribution in [2.45, 2.75) is 13.0 Å². The van der Waals surface area contributed by atoms with Crippen LogP contribution in [0.25, 0.3) is 6.08 Å². The first kappa shape index (κ1) is 20.7. The molecule has 1 amide bonds. The van der Waals surface area contributed by atoms with Crippen molar-refractivity contribution in [3.8, 4) is 17.9 Å². The van der Waals surface area contributed by atoms with E-state index in [1.807, 2.05) is 12.1 Å². The number of rotatable bonds is 9. The van der Waals surface area contributed by atoms with E-state index < -0.39 is 5.91 Å². The van der Waals surface area contributed by atoms with E-state index in [0.29, 0.717) is 43.1 Å². The van der Waals surface area contributed by atoms with Gasteiger partial charge in [0.25, 0.3) is 5.91 Å². The second kappa shape index (κ2) is 11.2. The van der Waals surface area contributed by atoms with Gasteiger partial charge >= 0.3 is 0 Å². The van der Waals surface area contributed by atoms with Gasteiger partial charge in [-0.25, -0.2) is 0 Å². The highest BCUT2D eigenvalue weighted by molar-refractivity contribution is 6.01. The Bertz CT molecular complexity index is 923. The third-order valence-corrected chi connectivity index (χ3v) is 3.81. The zero-order chi connectivity index (χ0) is 20.2. The van der Waals surface area contributed by atoms with Crippen LogP contribution in [0.3, 0.4) is 0 Å². The molecule has 0 heterocycles. The van der Waals surface area contributed by atoms with Gasteiger partial charge in [0, 0.05) is 20.3 Å². The number of hydrogen-bond donors (Lipinski definition) is 1. The van der Waals surface area contributed by atoms with Crippen LogP contribution < -0.4 is 10.1 Å². The highest BCUT2D eigenvalue weighted by Crippen LogP contribution is 2.18. The SMILES string of the molecule is COCCCNC(=O)/C(C#N)=C/c1cccc(OCc2cccc(C#N)c2)c1. The van der Waals surface area contributed by atoms with E-state index in [1.54, 1.807) is 49.6 Å². The molecule has 0 bridgehead atoms. The summed E-state index contributed by atoms with van der Waals surface area (Å²) in [7, 11) is 1.59. The summed E-state index contributed by atoms with van der Waals surface area (Å²) in [5.41, 5.74) is 2.17. The minimum atomic E-state index is -0.418. The van der Waals surface area contributed by atoms with Crippen molar-refractivity contribution in [3.63, 3.8) is 0 Å². The lowest BCUT2D eigenvalue weighted by atomic mass is 10.1. The van der Waals surface area contributed by atoms with Crippen LogP contribution in [0.2, 0.25) is 0 Å². The second-order valence-corrected chi connectivity index (χ2v) is 5.95. The number of methoxy groups -OCH3 is 1. The van der Waals surface area contributed by atoms with Crippen molar-refractivity contribution in [2.75, 3.05) is 20.3 Å². The molecule has 0 aliphatic heterocycles. The molecule has 142 valence electrons. The zero-order valence-corrected chi connectivity index (χ0v) is 15.6. The molecule has 2 aromatic carbocycles. The fourth-order valence-corrected chi connectivity index (χ4v) is 2.42. The van der Waals surface area contributed by atoms with Gasteiger partial charge in [0.2, 0.25) is 0 Å². The maximum Gasteiger partial charge on any atom is 0.261 e. The predicted octanol–water partition coefficient (Wildman–Crippen LogP) is 3.20. The van der Waals surface area contributed by atoms with E-state index in [0.717, 1.165) is 5.56 Å². The summed E-state index contributed by atoms with van der Waals surface area (Å²) in [5.74, 6) is 0.187. The Morgan fingerprint density at radius 2 is 2.00 bits per heavy atom. The molecule has 2 rings (SSSR count). The van der Waals surface area contributed by atoms with Gasteiger partial charge < -0.3 is 14.8 Å². The third kappa shape index (κ3) is 6.60. The lowest BCUT2D eigenvalue weighted by Gasteiger charge is -2.08. The number of amides is 1. The number of benzene rings is 2. The molecule has 0 aromatic heterocycles. The Morgan fingerprint density at radius 3 is 2.75 bits per heavy atom. The fourth-order valence-electron chi connectivity index (χ4n) is 2.42. The molecule has 0 saturated carbocycles. The molecule has 0 aliphatic rings. The van der Waals surface area contributed by atoms with Crippen LogP contribution in [0.1, 0.15) is 23.1 Å². The molecular weight excluding hydrogens is 354 g/mol. The smallest absolute Gasteiger partial charge is 0.261 e. The molecule has 0 radical (unpaired) electrons. The van der Waals surface area contributed by atoms with E-state index in [-0.39, 0.29) is 5.57 Å². The minimum absolute atomic E-state index is 0.0243. The standard InChI is InChI=1S/C22H21N3O3/c1-27-10-4-9-25-22(26)20(15-24)12-17-5-3-8-21(13-17)28-16-19-7-2-6-18(11-19)14-23/h2-3,5-8,11-13H,4,9-10,16H2,1H3,(H,25,26)/b20-12+. The van der Waals surface area contributed by atoms with Crippen molar-refractivity contribution < 1.29 is 14.3 Å². The van der Waals surface area contributed by atoms with Crippen LogP contribution in [0.15, 0.2) is 54.1 Å². The molecule has 6 heteroatoms. The second-order valence-electron chi connectivity index (χ2n) is 5.95. The van der Waals surface area contributed by atoms with Gasteiger partial charge in [-0.2, -0.15) is 10.5 Å². The van der Waals surface area contributed by atoms with E-state index in [9.17, 15) is 10.1 Å². The number of carbonyl (C=O) groups is 1. The Kier molecular flexibility index (Phi) is 8.26. The zero-order valence-electron chi connectivity index (χ0n) is 15.6. The Balaban J connectivity index is 2.02. The normalized spacial score (nSPS) is 10.6. The molecule has 28 heavy (non-hydrogen) atoms. The summed E-state index contributed by atoms with van der Waals surface area (Å²) in [6.07, 6.45) is 2.20. The first-order valence-corrected chi connectivity index (χ1v) is 8.77. The molecular formula is C22H21N3O3. The Morgan fingerprint density at radius 1 is 1.18 bits per heavy atom. The van der Waals surface area contributed by atoms with Crippen molar-refractivity contribution >= 4 is 12.0 Å². The third-order valence-electron chi connectivity index (χ3n) is 3.81. The van der Waals surface area contributed by atoms with Crippen LogP contribution >= 0.6 is 0 Å². The lowest BCUT2D eigenvalue weighted by Crippen LogP contribution is -2.26. The fraction of sp³-hybridized carbons (Fsp3) is 0.227. The average molecular weight is 375 g/mol. The minimum Gasteiger partial charge on any atom is -0.489 e. The summed E-state index contributed by atoms with van der Waals surface area (Å²) in [5, 5.41) is 20.9. The highest BCUT2D eigenvalue weighted by atomic mass is 16.5. The quantitative estimate of drug-likeness (QED) is 0.412. The molecule has 2 aromatic rings. The molecule has 0 saturated heterocycles. The van der Waals surface area contributed by atoms with E-state index in [2.05, 4.69) is 11.4 Å². The monoisotopic (exact) mass is 375 g/mol. The number of nitrogens with one attached hydrogen (secondary N) is 1. The summed E-state index contributed by atoms with van der Waals surface area (Å²) >= 11 is 0. The van der Waals surface area contributed by atoms with Crippen LogP contribution in [0.5, 0.6) is 5.75 Å². The summed E-state index contributed by atoms with van der Waals surface area (Å²) in [6, 6.07) is 18.3. The van der Waals surface area contributed by atoms with Gasteiger partial charge in [0.1, 0.15) is 24.0 Å². The van der Waals surface area contributed by atoms with Crippen LogP contribution in [-0.4, -0.2) is 26.2 Å². The lowest BCUT2D eigenvalue weighted by molar-refractivity contribution is -0.117. The maximum absolute atomic E-state index is 12.1. The van der Waals surface area contributed by atoms with Gasteiger partial charge in [-0.1, -0.05) is 24.3 Å². The van der Waals surface area contributed by atoms with Gasteiger partial charge in [-0.15, -0.1) is 0 Å². The average Bonchev–Trinajstić information content (AvgIpc) is 2.74. The molecule has 0 aliphatic carbocycles. The first-order valence-electron chi connectivity index (χ1n) is 8.77. The highest BCUT2D eigenvalue weighted by Gasteiger charge is 2.08. The van der Waals surface area contributed by atoms with Gasteiger partial charge in [-0.3, -0.25) is 4.79 Å². The van der Waals surface area contributed by atoms with E-state index >= 15 is 0 Å². The number of nitriles is 2. The summed E-state index contributed by atoms with van der Waals surface area (Å²) in [4.78, 5) is 12.1. The molecule has 0 fully saturated rings. The summed E-state index contributed by atoms with van der Waals surface area (Å²) in [6.45, 7) is 1.30. The maximum atomic E-state index is 12.1. The number of ether oxygens (including phenoxy) is 2. The van der Waals surface area contributed by atoms with Crippen molar-refractivity contribution in [1.29, 1.82) is 10.5 Å². The molecule has 0 unspecified atom stereocenters. The van der Waals surface area contributed by atoms with Crippen LogP contribution in [-0.2, 0) is 16.1 Å². The largest absolute Gasteiger partial charge is 0.489 e. The van der Waals surface area contributed by atoms with Gasteiger partial charge in [0.05, 0.1) is 11.6 Å². The van der Waals surface area contributed by atoms with Crippen molar-refractivity contribution in [1.82, 2.24) is 5.32 Å². The van der Waals surface area contributed by atoms with Gasteiger partial charge in [0.15, 0.2) is 0 Å².